The van der Waals surface area contributed by atoms with Crippen LogP contribution < -0.4 is 10.6 Å². The van der Waals surface area contributed by atoms with E-state index in [0.717, 1.165) is 11.4 Å². The van der Waals surface area contributed by atoms with E-state index in [-0.39, 0.29) is 6.03 Å². The average molecular weight is 286 g/mol. The number of nitrogens with one attached hydrogen (secondary N) is 2. The maximum Gasteiger partial charge on any atom is 0.324 e. The van der Waals surface area contributed by atoms with Gasteiger partial charge < -0.3 is 5.32 Å². The first-order chi connectivity index (χ1) is 9.99. The van der Waals surface area contributed by atoms with Gasteiger partial charge in [-0.05, 0) is 37.5 Å². The topological polar surface area (TPSA) is 59.0 Å². The van der Waals surface area contributed by atoms with Crippen molar-refractivity contribution in [2.45, 2.75) is 40.2 Å². The molecule has 2 rings (SSSR count). The fourth-order valence-corrected chi connectivity index (χ4v) is 2.12. The molecule has 0 bridgehead atoms. The van der Waals surface area contributed by atoms with E-state index in [0.29, 0.717) is 18.3 Å². The van der Waals surface area contributed by atoms with E-state index in [1.165, 1.54) is 5.56 Å². The highest BCUT2D eigenvalue weighted by molar-refractivity contribution is 5.99. The molecular formula is C16H22N4O. The zero-order valence-corrected chi connectivity index (χ0v) is 13.0. The smallest absolute Gasteiger partial charge is 0.308 e. The van der Waals surface area contributed by atoms with Crippen LogP contribution in [0.2, 0.25) is 0 Å². The first-order valence-corrected chi connectivity index (χ1v) is 7.22. The SMILES string of the molecule is CCn1nc(C)cc1NC(=O)Nc1ccc(C(C)C)cc1. The minimum Gasteiger partial charge on any atom is -0.308 e. The van der Waals surface area contributed by atoms with Gasteiger partial charge in [0.15, 0.2) is 0 Å². The van der Waals surface area contributed by atoms with E-state index in [2.05, 4.69) is 29.6 Å². The summed E-state index contributed by atoms with van der Waals surface area (Å²) < 4.78 is 1.76. The third-order valence-electron chi connectivity index (χ3n) is 3.28. The Labute approximate surface area is 125 Å². The zero-order valence-electron chi connectivity index (χ0n) is 13.0. The Bertz CT molecular complexity index is 614. The summed E-state index contributed by atoms with van der Waals surface area (Å²) in [7, 11) is 0. The number of hydrogen-bond acceptors (Lipinski definition) is 2. The number of amides is 2. The first-order valence-electron chi connectivity index (χ1n) is 7.22. The summed E-state index contributed by atoms with van der Waals surface area (Å²) in [5.41, 5.74) is 2.91. The quantitative estimate of drug-likeness (QED) is 0.893. The maximum atomic E-state index is 12.0. The van der Waals surface area contributed by atoms with Gasteiger partial charge in [-0.15, -0.1) is 0 Å². The van der Waals surface area contributed by atoms with Crippen molar-refractivity contribution in [3.63, 3.8) is 0 Å². The summed E-state index contributed by atoms with van der Waals surface area (Å²) >= 11 is 0. The first kappa shape index (κ1) is 15.1. The van der Waals surface area contributed by atoms with Crippen molar-refractivity contribution in [2.75, 3.05) is 10.6 Å². The molecule has 2 N–H and O–H groups in total. The van der Waals surface area contributed by atoms with E-state index in [4.69, 9.17) is 0 Å². The average Bonchev–Trinajstić information content (AvgIpc) is 2.79. The van der Waals surface area contributed by atoms with Crippen molar-refractivity contribution in [3.8, 4) is 0 Å². The van der Waals surface area contributed by atoms with Gasteiger partial charge in [0.05, 0.1) is 5.69 Å². The molecule has 112 valence electrons. The molecule has 2 aromatic rings. The van der Waals surface area contributed by atoms with Crippen molar-refractivity contribution >= 4 is 17.5 Å². The van der Waals surface area contributed by atoms with Crippen molar-refractivity contribution in [3.05, 3.63) is 41.6 Å². The maximum absolute atomic E-state index is 12.0. The normalized spacial score (nSPS) is 10.7. The number of aromatic nitrogens is 2. The fourth-order valence-electron chi connectivity index (χ4n) is 2.12. The molecule has 0 aliphatic carbocycles. The van der Waals surface area contributed by atoms with Crippen molar-refractivity contribution in [2.24, 2.45) is 0 Å². The molecule has 0 fully saturated rings. The number of urea groups is 1. The molecule has 1 aromatic carbocycles. The molecule has 1 heterocycles. The van der Waals surface area contributed by atoms with Crippen molar-refractivity contribution < 1.29 is 4.79 Å². The van der Waals surface area contributed by atoms with Gasteiger partial charge in [0, 0.05) is 18.3 Å². The molecule has 0 radical (unpaired) electrons. The second kappa shape index (κ2) is 6.43. The Morgan fingerprint density at radius 3 is 2.48 bits per heavy atom. The lowest BCUT2D eigenvalue weighted by Crippen LogP contribution is -2.21. The lowest BCUT2D eigenvalue weighted by molar-refractivity contribution is 0.262. The molecule has 0 saturated heterocycles. The number of anilines is 2. The minimum absolute atomic E-state index is 0.262. The standard InChI is InChI=1S/C16H22N4O/c1-5-20-15(10-12(4)19-20)18-16(21)17-14-8-6-13(7-9-14)11(2)3/h6-11H,5H2,1-4H3,(H2,17,18,21). The zero-order chi connectivity index (χ0) is 15.4. The van der Waals surface area contributed by atoms with Gasteiger partial charge in [0.2, 0.25) is 0 Å². The monoisotopic (exact) mass is 286 g/mol. The van der Waals surface area contributed by atoms with Crippen molar-refractivity contribution in [1.29, 1.82) is 0 Å². The molecule has 2 amide bonds. The second-order valence-electron chi connectivity index (χ2n) is 5.34. The molecule has 0 spiro atoms. The largest absolute Gasteiger partial charge is 0.324 e. The van der Waals surface area contributed by atoms with E-state index in [1.807, 2.05) is 44.2 Å². The van der Waals surface area contributed by atoms with E-state index in [1.54, 1.807) is 4.68 Å². The number of carbonyl (C=O) groups excluding carboxylic acids is 1. The molecule has 5 heteroatoms. The predicted molar refractivity (Wildman–Crippen MR) is 85.8 cm³/mol. The van der Waals surface area contributed by atoms with E-state index < -0.39 is 0 Å². The fraction of sp³-hybridized carbons (Fsp3) is 0.375. The van der Waals surface area contributed by atoms with Crippen LogP contribution in [0.5, 0.6) is 0 Å². The summed E-state index contributed by atoms with van der Waals surface area (Å²) in [4.78, 5) is 12.0. The summed E-state index contributed by atoms with van der Waals surface area (Å²) in [6.07, 6.45) is 0. The molecule has 0 unspecified atom stereocenters. The van der Waals surface area contributed by atoms with Crippen LogP contribution in [0.4, 0.5) is 16.3 Å². The Kier molecular flexibility index (Phi) is 4.62. The molecule has 0 saturated carbocycles. The summed E-state index contributed by atoms with van der Waals surface area (Å²) in [5, 5.41) is 9.94. The lowest BCUT2D eigenvalue weighted by Gasteiger charge is -2.10. The molecule has 0 aliphatic heterocycles. The van der Waals surface area contributed by atoms with Crippen LogP contribution in [0.3, 0.4) is 0 Å². The molecule has 5 nitrogen and oxygen atoms in total. The van der Waals surface area contributed by atoms with Gasteiger partial charge in [0.1, 0.15) is 5.82 Å². The third-order valence-corrected chi connectivity index (χ3v) is 3.28. The third kappa shape index (κ3) is 3.84. The summed E-state index contributed by atoms with van der Waals surface area (Å²) in [6, 6.07) is 9.47. The van der Waals surface area contributed by atoms with E-state index >= 15 is 0 Å². The van der Waals surface area contributed by atoms with Gasteiger partial charge in [-0.3, -0.25) is 5.32 Å². The highest BCUT2D eigenvalue weighted by Gasteiger charge is 2.08. The number of nitrogens with zero attached hydrogens (tertiary/aromatic N) is 2. The van der Waals surface area contributed by atoms with Crippen LogP contribution in [0.25, 0.3) is 0 Å². The minimum atomic E-state index is -0.262. The van der Waals surface area contributed by atoms with Gasteiger partial charge >= 0.3 is 6.03 Å². The predicted octanol–water partition coefficient (Wildman–Crippen LogP) is 3.98. The van der Waals surface area contributed by atoms with Crippen LogP contribution in [-0.2, 0) is 6.54 Å². The number of hydrogen-bond donors (Lipinski definition) is 2. The van der Waals surface area contributed by atoms with Crippen LogP contribution in [0.1, 0.15) is 37.9 Å². The Morgan fingerprint density at radius 2 is 1.90 bits per heavy atom. The molecule has 0 aliphatic rings. The Morgan fingerprint density at radius 1 is 1.24 bits per heavy atom. The Balaban J connectivity index is 2.01. The Hall–Kier alpha value is -2.30. The highest BCUT2D eigenvalue weighted by Crippen LogP contribution is 2.17. The van der Waals surface area contributed by atoms with Crippen LogP contribution in [0.15, 0.2) is 30.3 Å². The number of carbonyl (C=O) groups is 1. The van der Waals surface area contributed by atoms with Gasteiger partial charge in [-0.25, -0.2) is 9.48 Å². The number of aryl methyl sites for hydroxylation is 2. The lowest BCUT2D eigenvalue weighted by atomic mass is 10.0. The molecule has 0 atom stereocenters. The molecule has 21 heavy (non-hydrogen) atoms. The second-order valence-corrected chi connectivity index (χ2v) is 5.34. The van der Waals surface area contributed by atoms with Gasteiger partial charge in [-0.2, -0.15) is 5.10 Å². The van der Waals surface area contributed by atoms with Crippen LogP contribution in [-0.4, -0.2) is 15.8 Å². The summed E-state index contributed by atoms with van der Waals surface area (Å²) in [6.45, 7) is 8.89. The van der Waals surface area contributed by atoms with Crippen LogP contribution >= 0.6 is 0 Å². The molecular weight excluding hydrogens is 264 g/mol. The van der Waals surface area contributed by atoms with Crippen LogP contribution in [0, 0.1) is 6.92 Å². The van der Waals surface area contributed by atoms with E-state index in [9.17, 15) is 4.79 Å². The molecule has 1 aromatic heterocycles. The number of benzene rings is 1. The van der Waals surface area contributed by atoms with Crippen molar-refractivity contribution in [1.82, 2.24) is 9.78 Å². The summed E-state index contributed by atoms with van der Waals surface area (Å²) in [5.74, 6) is 1.18. The van der Waals surface area contributed by atoms with Gasteiger partial charge in [0.25, 0.3) is 0 Å². The highest BCUT2D eigenvalue weighted by atomic mass is 16.2. The number of rotatable bonds is 4. The van der Waals surface area contributed by atoms with Gasteiger partial charge in [-0.1, -0.05) is 26.0 Å².